The minimum absolute atomic E-state index is 0.0875. The first kappa shape index (κ1) is 22.9. The van der Waals surface area contributed by atoms with Crippen molar-refractivity contribution >= 4 is 39.2 Å². The fourth-order valence-corrected chi connectivity index (χ4v) is 4.22. The summed E-state index contributed by atoms with van der Waals surface area (Å²) in [5.41, 5.74) is 0.627. The first-order valence-electron chi connectivity index (χ1n) is 9.06. The average molecular weight is 439 g/mol. The van der Waals surface area contributed by atoms with Gasteiger partial charge in [0.2, 0.25) is 10.0 Å². The van der Waals surface area contributed by atoms with Crippen LogP contribution in [0.2, 0.25) is 5.02 Å². The minimum Gasteiger partial charge on any atom is -0.449 e. The van der Waals surface area contributed by atoms with Crippen LogP contribution in [0.15, 0.2) is 53.4 Å². The molecule has 29 heavy (non-hydrogen) atoms. The molecular formula is C20H23ClN2O5S. The van der Waals surface area contributed by atoms with Gasteiger partial charge in [-0.15, -0.1) is 0 Å². The third-order valence-corrected chi connectivity index (χ3v) is 6.48. The Bertz CT molecular complexity index is 973. The number of benzene rings is 2. The largest absolute Gasteiger partial charge is 0.449 e. The second kappa shape index (κ2) is 9.87. The summed E-state index contributed by atoms with van der Waals surface area (Å²) in [5, 5.41) is 3.07. The number of rotatable bonds is 8. The third-order valence-electron chi connectivity index (χ3n) is 4.18. The molecule has 0 bridgehead atoms. The summed E-state index contributed by atoms with van der Waals surface area (Å²) in [6.45, 7) is 5.64. The van der Waals surface area contributed by atoms with Crippen molar-refractivity contribution < 1.29 is 22.7 Å². The maximum Gasteiger partial charge on any atom is 0.338 e. The maximum absolute atomic E-state index is 12.5. The van der Waals surface area contributed by atoms with Crippen molar-refractivity contribution in [2.75, 3.05) is 18.4 Å². The van der Waals surface area contributed by atoms with Gasteiger partial charge in [-0.1, -0.05) is 31.5 Å². The van der Waals surface area contributed by atoms with E-state index in [0.717, 1.165) is 0 Å². The van der Waals surface area contributed by atoms with E-state index in [1.807, 2.05) is 0 Å². The van der Waals surface area contributed by atoms with Crippen LogP contribution in [0.5, 0.6) is 0 Å². The van der Waals surface area contributed by atoms with Crippen LogP contribution in [0.4, 0.5) is 5.69 Å². The van der Waals surface area contributed by atoms with E-state index in [1.165, 1.54) is 35.5 Å². The zero-order valence-corrected chi connectivity index (χ0v) is 18.0. The van der Waals surface area contributed by atoms with Crippen molar-refractivity contribution in [3.05, 3.63) is 59.1 Å². The Kier molecular flexibility index (Phi) is 7.78. The van der Waals surface area contributed by atoms with Crippen LogP contribution in [-0.4, -0.2) is 43.8 Å². The van der Waals surface area contributed by atoms with Crippen LogP contribution < -0.4 is 5.32 Å². The van der Waals surface area contributed by atoms with Gasteiger partial charge in [-0.2, -0.15) is 4.31 Å². The number of esters is 1. The van der Waals surface area contributed by atoms with Crippen LogP contribution in [-0.2, 0) is 19.6 Å². The molecule has 0 saturated carbocycles. The van der Waals surface area contributed by atoms with Gasteiger partial charge in [0.15, 0.2) is 6.10 Å². The number of hydrogen-bond donors (Lipinski definition) is 1. The summed E-state index contributed by atoms with van der Waals surface area (Å²) in [5.74, 6) is -1.24. The zero-order chi connectivity index (χ0) is 21.6. The molecule has 0 unspecified atom stereocenters. The Labute approximate surface area is 175 Å². The van der Waals surface area contributed by atoms with E-state index in [9.17, 15) is 18.0 Å². The summed E-state index contributed by atoms with van der Waals surface area (Å²) in [6, 6.07) is 12.0. The molecule has 7 nitrogen and oxygen atoms in total. The first-order valence-corrected chi connectivity index (χ1v) is 10.9. The maximum atomic E-state index is 12.5. The van der Waals surface area contributed by atoms with Crippen molar-refractivity contribution in [2.45, 2.75) is 31.8 Å². The summed E-state index contributed by atoms with van der Waals surface area (Å²) in [7, 11) is -3.61. The molecule has 2 rings (SSSR count). The molecule has 0 aliphatic carbocycles. The Morgan fingerprint density at radius 1 is 1.10 bits per heavy atom. The summed E-state index contributed by atoms with van der Waals surface area (Å²) >= 11 is 5.87. The molecule has 2 aromatic carbocycles. The van der Waals surface area contributed by atoms with Gasteiger partial charge in [-0.05, 0) is 49.4 Å². The van der Waals surface area contributed by atoms with Crippen molar-refractivity contribution in [1.82, 2.24) is 4.31 Å². The number of hydrogen-bond acceptors (Lipinski definition) is 5. The van der Waals surface area contributed by atoms with Crippen molar-refractivity contribution in [3.63, 3.8) is 0 Å². The van der Waals surface area contributed by atoms with Crippen LogP contribution in [0.25, 0.3) is 0 Å². The van der Waals surface area contributed by atoms with Gasteiger partial charge < -0.3 is 10.1 Å². The van der Waals surface area contributed by atoms with E-state index in [0.29, 0.717) is 23.8 Å². The molecule has 0 aliphatic rings. The smallest absolute Gasteiger partial charge is 0.338 e. The number of carbonyl (C=O) groups is 2. The normalized spacial score (nSPS) is 12.4. The fourth-order valence-electron chi connectivity index (χ4n) is 2.57. The third kappa shape index (κ3) is 5.79. The lowest BCUT2D eigenvalue weighted by Crippen LogP contribution is -2.31. The van der Waals surface area contributed by atoms with Crippen LogP contribution in [0, 0.1) is 0 Å². The average Bonchev–Trinajstić information content (AvgIpc) is 2.68. The molecule has 156 valence electrons. The number of ether oxygens (including phenoxy) is 1. The molecule has 0 aliphatic heterocycles. The highest BCUT2D eigenvalue weighted by Gasteiger charge is 2.23. The number of sulfonamides is 1. The molecule has 0 spiro atoms. The minimum atomic E-state index is -3.61. The Morgan fingerprint density at radius 2 is 1.72 bits per heavy atom. The molecule has 0 aromatic heterocycles. The summed E-state index contributed by atoms with van der Waals surface area (Å²) in [4.78, 5) is 24.6. The van der Waals surface area contributed by atoms with Crippen LogP contribution in [0.1, 0.15) is 31.1 Å². The van der Waals surface area contributed by atoms with Gasteiger partial charge in [0.1, 0.15) is 0 Å². The van der Waals surface area contributed by atoms with Gasteiger partial charge >= 0.3 is 5.97 Å². The van der Waals surface area contributed by atoms with E-state index in [4.69, 9.17) is 16.3 Å². The number of carbonyl (C=O) groups excluding carboxylic acids is 2. The molecule has 1 atom stereocenters. The van der Waals surface area contributed by atoms with E-state index >= 15 is 0 Å². The quantitative estimate of drug-likeness (QED) is 0.636. The highest BCUT2D eigenvalue weighted by molar-refractivity contribution is 7.89. The number of amides is 1. The highest BCUT2D eigenvalue weighted by Crippen LogP contribution is 2.18. The topological polar surface area (TPSA) is 92.8 Å². The molecule has 1 N–H and O–H groups in total. The lowest BCUT2D eigenvalue weighted by atomic mass is 10.2. The van der Waals surface area contributed by atoms with Crippen molar-refractivity contribution in [3.8, 4) is 0 Å². The lowest BCUT2D eigenvalue weighted by Gasteiger charge is -2.18. The molecule has 0 fully saturated rings. The number of halogens is 1. The van der Waals surface area contributed by atoms with E-state index in [2.05, 4.69) is 5.32 Å². The Balaban J connectivity index is 2.04. The number of nitrogens with zero attached hydrogens (tertiary/aromatic N) is 1. The molecule has 0 radical (unpaired) electrons. The molecule has 0 saturated heterocycles. The Morgan fingerprint density at radius 3 is 2.28 bits per heavy atom. The molecular weight excluding hydrogens is 416 g/mol. The second-order valence-electron chi connectivity index (χ2n) is 6.16. The number of nitrogens with one attached hydrogen (secondary N) is 1. The highest BCUT2D eigenvalue weighted by atomic mass is 35.5. The SMILES string of the molecule is CCN(CC)S(=O)(=O)c1ccc(C(=O)O[C@H](C)C(=O)Nc2cccc(Cl)c2)cc1. The standard InChI is InChI=1S/C20H23ClN2O5S/c1-4-23(5-2)29(26,27)18-11-9-15(10-12-18)20(25)28-14(3)19(24)22-17-8-6-7-16(21)13-17/h6-14H,4-5H2,1-3H3,(H,22,24)/t14-/m1/s1. The van der Waals surface area contributed by atoms with Gasteiger partial charge in [-0.3, -0.25) is 4.79 Å². The first-order chi connectivity index (χ1) is 13.7. The second-order valence-corrected chi connectivity index (χ2v) is 8.54. The van der Waals surface area contributed by atoms with Crippen LogP contribution >= 0.6 is 11.6 Å². The molecule has 2 aromatic rings. The fraction of sp³-hybridized carbons (Fsp3) is 0.300. The van der Waals surface area contributed by atoms with E-state index in [1.54, 1.807) is 38.1 Å². The van der Waals surface area contributed by atoms with E-state index in [-0.39, 0.29) is 10.5 Å². The van der Waals surface area contributed by atoms with Gasteiger partial charge in [0.05, 0.1) is 10.5 Å². The summed E-state index contributed by atoms with van der Waals surface area (Å²) in [6.07, 6.45) is -1.06. The van der Waals surface area contributed by atoms with Gasteiger partial charge in [0, 0.05) is 23.8 Å². The number of anilines is 1. The summed E-state index contributed by atoms with van der Waals surface area (Å²) < 4.78 is 31.5. The molecule has 9 heteroatoms. The van der Waals surface area contributed by atoms with Gasteiger partial charge in [0.25, 0.3) is 5.91 Å². The Hall–Kier alpha value is -2.42. The van der Waals surface area contributed by atoms with Crippen LogP contribution in [0.3, 0.4) is 0 Å². The van der Waals surface area contributed by atoms with Gasteiger partial charge in [-0.25, -0.2) is 13.2 Å². The predicted octanol–water partition coefficient (Wildman–Crippen LogP) is 3.55. The molecule has 1 amide bonds. The lowest BCUT2D eigenvalue weighted by molar-refractivity contribution is -0.123. The van der Waals surface area contributed by atoms with E-state index < -0.39 is 28.0 Å². The molecule has 0 heterocycles. The predicted molar refractivity (Wildman–Crippen MR) is 112 cm³/mol. The van der Waals surface area contributed by atoms with Crippen molar-refractivity contribution in [2.24, 2.45) is 0 Å². The van der Waals surface area contributed by atoms with Crippen molar-refractivity contribution in [1.29, 1.82) is 0 Å². The monoisotopic (exact) mass is 438 g/mol. The zero-order valence-electron chi connectivity index (χ0n) is 16.4.